The Bertz CT molecular complexity index is 709. The number of sulfonamides is 1. The van der Waals surface area contributed by atoms with Crippen LogP contribution in [0.25, 0.3) is 0 Å². The molecule has 20 heavy (non-hydrogen) atoms. The molecule has 108 valence electrons. The van der Waals surface area contributed by atoms with Crippen molar-refractivity contribution in [2.45, 2.75) is 11.5 Å². The van der Waals surface area contributed by atoms with Gasteiger partial charge in [0, 0.05) is 19.3 Å². The number of aliphatic hydroxyl groups excluding tert-OH is 1. The summed E-state index contributed by atoms with van der Waals surface area (Å²) in [5.41, 5.74) is 0.479. The summed E-state index contributed by atoms with van der Waals surface area (Å²) in [6.07, 6.45) is 1.62. The summed E-state index contributed by atoms with van der Waals surface area (Å²) in [7, 11) is -0.769. The van der Waals surface area contributed by atoms with E-state index in [2.05, 4.69) is 9.82 Å². The van der Waals surface area contributed by atoms with Gasteiger partial charge in [-0.2, -0.15) is 5.10 Å². The molecule has 1 aromatic heterocycles. The number of anilines is 1. The van der Waals surface area contributed by atoms with Crippen molar-refractivity contribution in [1.29, 1.82) is 0 Å². The van der Waals surface area contributed by atoms with Crippen molar-refractivity contribution in [3.05, 3.63) is 36.0 Å². The molecule has 0 bridgehead atoms. The molecule has 0 fully saturated rings. The fourth-order valence-electron chi connectivity index (χ4n) is 1.69. The molecule has 7 nitrogen and oxygen atoms in total. The van der Waals surface area contributed by atoms with Crippen LogP contribution >= 0.6 is 0 Å². The molecular weight excluding hydrogens is 282 g/mol. The average molecular weight is 297 g/mol. The first-order valence-corrected chi connectivity index (χ1v) is 7.25. The Labute approximate surface area is 116 Å². The second-order valence-corrected chi connectivity index (χ2v) is 5.77. The molecule has 1 aromatic carbocycles. The minimum atomic E-state index is -3.84. The first-order valence-electron chi connectivity index (χ1n) is 5.76. The van der Waals surface area contributed by atoms with Crippen LogP contribution < -0.4 is 9.46 Å². The van der Waals surface area contributed by atoms with Crippen LogP contribution in [0.1, 0.15) is 5.56 Å². The van der Waals surface area contributed by atoms with Gasteiger partial charge < -0.3 is 9.84 Å². The van der Waals surface area contributed by atoms with E-state index < -0.39 is 10.0 Å². The number of aromatic nitrogens is 2. The minimum absolute atomic E-state index is 0.0443. The Balaban J connectivity index is 2.42. The summed E-state index contributed by atoms with van der Waals surface area (Å²) in [5.74, 6) is 0.412. The largest absolute Gasteiger partial charge is 0.495 e. The van der Waals surface area contributed by atoms with E-state index in [9.17, 15) is 8.42 Å². The van der Waals surface area contributed by atoms with Gasteiger partial charge >= 0.3 is 0 Å². The van der Waals surface area contributed by atoms with Gasteiger partial charge in [-0.1, -0.05) is 6.07 Å². The summed E-state index contributed by atoms with van der Waals surface area (Å²) in [6, 6.07) is 6.00. The number of methoxy groups -OCH3 is 1. The summed E-state index contributed by atoms with van der Waals surface area (Å²) >= 11 is 0. The summed E-state index contributed by atoms with van der Waals surface area (Å²) in [6.45, 7) is -0.254. The first kappa shape index (κ1) is 14.4. The van der Waals surface area contributed by atoms with E-state index in [4.69, 9.17) is 9.84 Å². The fraction of sp³-hybridized carbons (Fsp3) is 0.250. The van der Waals surface area contributed by atoms with Crippen LogP contribution in [-0.4, -0.2) is 30.4 Å². The maximum absolute atomic E-state index is 12.3. The SMILES string of the molecule is COc1ccc(CO)cc1S(=O)(=O)Nc1ccn(C)n1. The van der Waals surface area contributed by atoms with E-state index in [1.807, 2.05) is 0 Å². The van der Waals surface area contributed by atoms with Gasteiger partial charge in [-0.3, -0.25) is 9.40 Å². The lowest BCUT2D eigenvalue weighted by atomic mass is 10.2. The van der Waals surface area contributed by atoms with E-state index in [0.29, 0.717) is 5.56 Å². The molecule has 1 heterocycles. The third-order valence-electron chi connectivity index (χ3n) is 2.65. The van der Waals surface area contributed by atoms with Crippen LogP contribution in [0.2, 0.25) is 0 Å². The molecule has 0 saturated heterocycles. The number of hydrogen-bond acceptors (Lipinski definition) is 5. The highest BCUT2D eigenvalue weighted by Gasteiger charge is 2.21. The highest BCUT2D eigenvalue weighted by Crippen LogP contribution is 2.26. The van der Waals surface area contributed by atoms with Crippen molar-refractivity contribution in [2.75, 3.05) is 11.8 Å². The Kier molecular flexibility index (Phi) is 3.96. The summed E-state index contributed by atoms with van der Waals surface area (Å²) in [4.78, 5) is -0.0443. The Morgan fingerprint density at radius 2 is 2.15 bits per heavy atom. The third kappa shape index (κ3) is 2.91. The molecule has 0 aliphatic rings. The van der Waals surface area contributed by atoms with E-state index in [0.717, 1.165) is 0 Å². The van der Waals surface area contributed by atoms with Gasteiger partial charge in [-0.15, -0.1) is 0 Å². The zero-order valence-electron chi connectivity index (χ0n) is 11.1. The number of benzene rings is 1. The van der Waals surface area contributed by atoms with Crippen molar-refractivity contribution < 1.29 is 18.3 Å². The minimum Gasteiger partial charge on any atom is -0.495 e. The first-order chi connectivity index (χ1) is 9.46. The van der Waals surface area contributed by atoms with E-state index >= 15 is 0 Å². The second kappa shape index (κ2) is 5.51. The normalized spacial score (nSPS) is 11.3. The molecular formula is C12H15N3O4S. The van der Waals surface area contributed by atoms with Crippen LogP contribution in [0, 0.1) is 0 Å². The molecule has 0 amide bonds. The van der Waals surface area contributed by atoms with Crippen molar-refractivity contribution in [3.8, 4) is 5.75 Å². The molecule has 2 N–H and O–H groups in total. The molecule has 0 radical (unpaired) electrons. The summed E-state index contributed by atoms with van der Waals surface area (Å²) in [5, 5.41) is 13.1. The Morgan fingerprint density at radius 1 is 1.40 bits per heavy atom. The van der Waals surface area contributed by atoms with E-state index in [-0.39, 0.29) is 23.1 Å². The Hall–Kier alpha value is -2.06. The lowest BCUT2D eigenvalue weighted by Crippen LogP contribution is -2.15. The monoisotopic (exact) mass is 297 g/mol. The lowest BCUT2D eigenvalue weighted by Gasteiger charge is -2.11. The zero-order valence-corrected chi connectivity index (χ0v) is 11.9. The third-order valence-corrected chi connectivity index (χ3v) is 4.03. The van der Waals surface area contributed by atoms with E-state index in [1.54, 1.807) is 25.4 Å². The number of aryl methyl sites for hydroxylation is 1. The second-order valence-electron chi connectivity index (χ2n) is 4.12. The van der Waals surface area contributed by atoms with Gasteiger partial charge in [0.15, 0.2) is 5.82 Å². The standard InChI is InChI=1S/C12H15N3O4S/c1-15-6-5-12(13-15)14-20(17,18)11-7-9(8-16)3-4-10(11)19-2/h3-7,16H,8H2,1-2H3,(H,13,14). The number of rotatable bonds is 5. The molecule has 8 heteroatoms. The average Bonchev–Trinajstić information content (AvgIpc) is 2.82. The van der Waals surface area contributed by atoms with Crippen LogP contribution in [-0.2, 0) is 23.7 Å². The zero-order chi connectivity index (χ0) is 14.8. The quantitative estimate of drug-likeness (QED) is 0.848. The topological polar surface area (TPSA) is 93.5 Å². The van der Waals surface area contributed by atoms with Crippen molar-refractivity contribution in [2.24, 2.45) is 7.05 Å². The molecule has 0 aliphatic carbocycles. The van der Waals surface area contributed by atoms with Crippen LogP contribution in [0.5, 0.6) is 5.75 Å². The van der Waals surface area contributed by atoms with Crippen LogP contribution in [0.4, 0.5) is 5.82 Å². The highest BCUT2D eigenvalue weighted by atomic mass is 32.2. The number of nitrogens with zero attached hydrogens (tertiary/aromatic N) is 2. The molecule has 0 atom stereocenters. The van der Waals surface area contributed by atoms with Gasteiger partial charge in [-0.25, -0.2) is 8.42 Å². The highest BCUT2D eigenvalue weighted by molar-refractivity contribution is 7.92. The smallest absolute Gasteiger partial charge is 0.266 e. The van der Waals surface area contributed by atoms with Crippen LogP contribution in [0.15, 0.2) is 35.4 Å². The van der Waals surface area contributed by atoms with Crippen LogP contribution in [0.3, 0.4) is 0 Å². The van der Waals surface area contributed by atoms with Crippen molar-refractivity contribution >= 4 is 15.8 Å². The summed E-state index contributed by atoms with van der Waals surface area (Å²) < 4.78 is 33.6. The molecule has 0 spiro atoms. The molecule has 0 saturated carbocycles. The maximum atomic E-state index is 12.3. The predicted molar refractivity (Wildman–Crippen MR) is 72.9 cm³/mol. The molecule has 0 unspecified atom stereocenters. The lowest BCUT2D eigenvalue weighted by molar-refractivity contribution is 0.281. The molecule has 2 aromatic rings. The van der Waals surface area contributed by atoms with Crippen molar-refractivity contribution in [1.82, 2.24) is 9.78 Å². The number of aliphatic hydroxyl groups is 1. The van der Waals surface area contributed by atoms with Gasteiger partial charge in [0.25, 0.3) is 10.0 Å². The van der Waals surface area contributed by atoms with Gasteiger partial charge in [0.1, 0.15) is 10.6 Å². The van der Waals surface area contributed by atoms with Gasteiger partial charge in [0.05, 0.1) is 13.7 Å². The number of hydrogen-bond donors (Lipinski definition) is 2. The maximum Gasteiger partial charge on any atom is 0.266 e. The molecule has 0 aliphatic heterocycles. The van der Waals surface area contributed by atoms with Gasteiger partial charge in [-0.05, 0) is 17.7 Å². The molecule has 2 rings (SSSR count). The fourth-order valence-corrected chi connectivity index (χ4v) is 2.91. The van der Waals surface area contributed by atoms with Gasteiger partial charge in [0.2, 0.25) is 0 Å². The predicted octanol–water partition coefficient (Wildman–Crippen LogP) is 0.722. The number of ether oxygens (including phenoxy) is 1. The van der Waals surface area contributed by atoms with Crippen molar-refractivity contribution in [3.63, 3.8) is 0 Å². The number of nitrogens with one attached hydrogen (secondary N) is 1. The van der Waals surface area contributed by atoms with E-state index in [1.165, 1.54) is 23.9 Å². The Morgan fingerprint density at radius 3 is 2.70 bits per heavy atom.